The van der Waals surface area contributed by atoms with Crippen LogP contribution in [0.15, 0.2) is 16.6 Å². The van der Waals surface area contributed by atoms with Gasteiger partial charge in [0.15, 0.2) is 0 Å². The van der Waals surface area contributed by atoms with Crippen molar-refractivity contribution in [3.63, 3.8) is 0 Å². The molecule has 0 heterocycles. The third kappa shape index (κ3) is 3.04. The van der Waals surface area contributed by atoms with E-state index in [0.29, 0.717) is 6.42 Å². The summed E-state index contributed by atoms with van der Waals surface area (Å²) in [4.78, 5) is 0. The van der Waals surface area contributed by atoms with Gasteiger partial charge in [-0.2, -0.15) is 0 Å². The van der Waals surface area contributed by atoms with Crippen molar-refractivity contribution >= 4 is 15.9 Å². The molecule has 0 aromatic heterocycles. The number of halogens is 1. The molecule has 2 atom stereocenters. The van der Waals surface area contributed by atoms with E-state index in [4.69, 9.17) is 10.8 Å². The Balaban J connectivity index is 2.99. The summed E-state index contributed by atoms with van der Waals surface area (Å²) in [5.41, 5.74) is 8.85. The SMILES string of the molecule is Cc1cc(Br)c(C(O)C(N)CCO)cc1C. The highest BCUT2D eigenvalue weighted by Gasteiger charge is 2.19. The fourth-order valence-corrected chi connectivity index (χ4v) is 2.26. The van der Waals surface area contributed by atoms with Gasteiger partial charge in [0.05, 0.1) is 6.10 Å². The Kier molecular flexibility index (Phi) is 4.92. The van der Waals surface area contributed by atoms with Crippen molar-refractivity contribution in [2.45, 2.75) is 32.4 Å². The number of aliphatic hydroxyl groups excluding tert-OH is 2. The highest BCUT2D eigenvalue weighted by Crippen LogP contribution is 2.28. The third-order valence-electron chi connectivity index (χ3n) is 2.80. The molecule has 0 aliphatic carbocycles. The Morgan fingerprint density at radius 1 is 1.31 bits per heavy atom. The molecule has 1 aromatic rings. The minimum absolute atomic E-state index is 0.0132. The normalized spacial score (nSPS) is 14.9. The van der Waals surface area contributed by atoms with E-state index < -0.39 is 12.1 Å². The topological polar surface area (TPSA) is 66.5 Å². The molecule has 16 heavy (non-hydrogen) atoms. The monoisotopic (exact) mass is 287 g/mol. The summed E-state index contributed by atoms with van der Waals surface area (Å²) in [7, 11) is 0. The highest BCUT2D eigenvalue weighted by atomic mass is 79.9. The van der Waals surface area contributed by atoms with Gasteiger partial charge < -0.3 is 15.9 Å². The average molecular weight is 288 g/mol. The third-order valence-corrected chi connectivity index (χ3v) is 3.49. The summed E-state index contributed by atoms with van der Waals surface area (Å²) in [6, 6.07) is 3.46. The maximum absolute atomic E-state index is 10.1. The molecular weight excluding hydrogens is 270 g/mol. The van der Waals surface area contributed by atoms with E-state index in [1.165, 1.54) is 5.56 Å². The van der Waals surface area contributed by atoms with Crippen LogP contribution in [0.3, 0.4) is 0 Å². The van der Waals surface area contributed by atoms with E-state index >= 15 is 0 Å². The van der Waals surface area contributed by atoms with Gasteiger partial charge in [0.1, 0.15) is 0 Å². The number of rotatable bonds is 4. The molecule has 0 aliphatic heterocycles. The van der Waals surface area contributed by atoms with Gasteiger partial charge in [0.2, 0.25) is 0 Å². The number of hydrogen-bond acceptors (Lipinski definition) is 3. The first-order valence-corrected chi connectivity index (χ1v) is 6.07. The van der Waals surface area contributed by atoms with Gasteiger partial charge in [0.25, 0.3) is 0 Å². The second kappa shape index (κ2) is 5.77. The summed E-state index contributed by atoms with van der Waals surface area (Å²) in [5, 5.41) is 18.8. The van der Waals surface area contributed by atoms with Crippen LogP contribution < -0.4 is 5.73 Å². The van der Waals surface area contributed by atoms with Crippen molar-refractivity contribution in [3.8, 4) is 0 Å². The van der Waals surface area contributed by atoms with Crippen molar-refractivity contribution in [3.05, 3.63) is 33.3 Å². The van der Waals surface area contributed by atoms with Crippen molar-refractivity contribution < 1.29 is 10.2 Å². The predicted molar refractivity (Wildman–Crippen MR) is 68.3 cm³/mol. The summed E-state index contributed by atoms with van der Waals surface area (Å²) >= 11 is 3.42. The second-order valence-corrected chi connectivity index (χ2v) is 4.93. The van der Waals surface area contributed by atoms with Crippen LogP contribution in [0.25, 0.3) is 0 Å². The number of nitrogens with two attached hydrogens (primary N) is 1. The molecule has 0 aliphatic rings. The number of aliphatic hydroxyl groups is 2. The fraction of sp³-hybridized carbons (Fsp3) is 0.500. The molecule has 0 spiro atoms. The molecule has 0 radical (unpaired) electrons. The van der Waals surface area contributed by atoms with E-state index in [-0.39, 0.29) is 6.61 Å². The van der Waals surface area contributed by atoms with Crippen molar-refractivity contribution in [2.24, 2.45) is 5.73 Å². The van der Waals surface area contributed by atoms with Crippen molar-refractivity contribution in [1.29, 1.82) is 0 Å². The quantitative estimate of drug-likeness (QED) is 0.791. The van der Waals surface area contributed by atoms with E-state index in [0.717, 1.165) is 15.6 Å². The van der Waals surface area contributed by atoms with E-state index in [2.05, 4.69) is 15.9 Å². The summed E-state index contributed by atoms with van der Waals surface area (Å²) in [6.45, 7) is 4.00. The maximum atomic E-state index is 10.1. The lowest BCUT2D eigenvalue weighted by Crippen LogP contribution is -2.29. The smallest absolute Gasteiger partial charge is 0.0952 e. The van der Waals surface area contributed by atoms with Crippen LogP contribution in [0.5, 0.6) is 0 Å². The Labute approximate surface area is 104 Å². The van der Waals surface area contributed by atoms with Crippen molar-refractivity contribution in [1.82, 2.24) is 0 Å². The van der Waals surface area contributed by atoms with Gasteiger partial charge in [-0.1, -0.05) is 22.0 Å². The summed E-state index contributed by atoms with van der Waals surface area (Å²) in [6.07, 6.45) is -0.360. The standard InChI is InChI=1S/C12H18BrNO2/c1-7-5-9(10(13)6-8(7)2)12(16)11(14)3-4-15/h5-6,11-12,15-16H,3-4,14H2,1-2H3. The molecule has 0 bridgehead atoms. The summed E-state index contributed by atoms with van der Waals surface area (Å²) < 4.78 is 0.858. The van der Waals surface area contributed by atoms with Gasteiger partial charge in [0, 0.05) is 17.1 Å². The molecular formula is C12H18BrNO2. The summed E-state index contributed by atoms with van der Waals surface area (Å²) in [5.74, 6) is 0. The van der Waals surface area contributed by atoms with E-state index in [1.54, 1.807) is 0 Å². The lowest BCUT2D eigenvalue weighted by molar-refractivity contribution is 0.128. The highest BCUT2D eigenvalue weighted by molar-refractivity contribution is 9.10. The van der Waals surface area contributed by atoms with Gasteiger partial charge in [-0.3, -0.25) is 0 Å². The minimum Gasteiger partial charge on any atom is -0.396 e. The number of aryl methyl sites for hydroxylation is 2. The lowest BCUT2D eigenvalue weighted by Gasteiger charge is -2.20. The maximum Gasteiger partial charge on any atom is 0.0952 e. The molecule has 1 aromatic carbocycles. The minimum atomic E-state index is -0.749. The fourth-order valence-electron chi connectivity index (χ4n) is 1.57. The van der Waals surface area contributed by atoms with E-state index in [1.807, 2.05) is 26.0 Å². The van der Waals surface area contributed by atoms with Gasteiger partial charge >= 0.3 is 0 Å². The molecule has 90 valence electrons. The van der Waals surface area contributed by atoms with E-state index in [9.17, 15) is 5.11 Å². The Morgan fingerprint density at radius 2 is 1.88 bits per heavy atom. The second-order valence-electron chi connectivity index (χ2n) is 4.08. The molecule has 4 heteroatoms. The Bertz CT molecular complexity index is 368. The average Bonchev–Trinajstić information content (AvgIpc) is 2.23. The number of benzene rings is 1. The van der Waals surface area contributed by atoms with Crippen LogP contribution in [-0.4, -0.2) is 22.9 Å². The van der Waals surface area contributed by atoms with Gasteiger partial charge in [-0.05, 0) is 43.0 Å². The van der Waals surface area contributed by atoms with Crippen LogP contribution in [0, 0.1) is 13.8 Å². The van der Waals surface area contributed by atoms with Gasteiger partial charge in [-0.15, -0.1) is 0 Å². The predicted octanol–water partition coefficient (Wildman–Crippen LogP) is 1.81. The zero-order valence-electron chi connectivity index (χ0n) is 9.57. The van der Waals surface area contributed by atoms with Crippen LogP contribution in [0.2, 0.25) is 0 Å². The molecule has 0 saturated carbocycles. The molecule has 4 N–H and O–H groups in total. The Hall–Kier alpha value is -0.420. The first kappa shape index (κ1) is 13.6. The molecule has 0 saturated heterocycles. The van der Waals surface area contributed by atoms with Crippen molar-refractivity contribution in [2.75, 3.05) is 6.61 Å². The zero-order chi connectivity index (χ0) is 12.3. The first-order valence-electron chi connectivity index (χ1n) is 5.28. The zero-order valence-corrected chi connectivity index (χ0v) is 11.2. The molecule has 0 amide bonds. The first-order chi connectivity index (χ1) is 7.47. The molecule has 0 fully saturated rings. The van der Waals surface area contributed by atoms with Crippen LogP contribution in [0.4, 0.5) is 0 Å². The van der Waals surface area contributed by atoms with Crippen LogP contribution in [-0.2, 0) is 0 Å². The van der Waals surface area contributed by atoms with Gasteiger partial charge in [-0.25, -0.2) is 0 Å². The Morgan fingerprint density at radius 3 is 2.44 bits per heavy atom. The largest absolute Gasteiger partial charge is 0.396 e. The van der Waals surface area contributed by atoms with Crippen LogP contribution in [0.1, 0.15) is 29.2 Å². The van der Waals surface area contributed by atoms with Crippen LogP contribution >= 0.6 is 15.9 Å². The lowest BCUT2D eigenvalue weighted by atomic mass is 9.97. The molecule has 3 nitrogen and oxygen atoms in total. The molecule has 2 unspecified atom stereocenters. The number of hydrogen-bond donors (Lipinski definition) is 3. The molecule has 1 rings (SSSR count).